The van der Waals surface area contributed by atoms with E-state index in [9.17, 15) is 19.2 Å². The van der Waals surface area contributed by atoms with Crippen molar-refractivity contribution in [1.29, 1.82) is 0 Å². The van der Waals surface area contributed by atoms with Crippen LogP contribution in [0.2, 0.25) is 0 Å². The first-order chi connectivity index (χ1) is 32.3. The lowest BCUT2D eigenvalue weighted by Crippen LogP contribution is -2.52. The van der Waals surface area contributed by atoms with Crippen molar-refractivity contribution >= 4 is 35.0 Å². The molecule has 0 bridgehead atoms. The van der Waals surface area contributed by atoms with Gasteiger partial charge in [0.05, 0.1) is 49.2 Å². The number of imidazole rings is 2. The predicted molar refractivity (Wildman–Crippen MR) is 253 cm³/mol. The zero-order chi connectivity index (χ0) is 46.7. The largest absolute Gasteiger partial charge is 0.453 e. The van der Waals surface area contributed by atoms with Gasteiger partial charge in [-0.3, -0.25) is 9.59 Å². The number of ether oxygens (including phenoxy) is 3. The van der Waals surface area contributed by atoms with E-state index in [1.807, 2.05) is 43.7 Å². The van der Waals surface area contributed by atoms with Crippen molar-refractivity contribution in [3.05, 3.63) is 83.6 Å². The normalized spacial score (nSPS) is 22.5. The van der Waals surface area contributed by atoms with Crippen LogP contribution in [-0.2, 0) is 36.6 Å². The molecule has 67 heavy (non-hydrogen) atoms. The number of fused-ring (bicyclic) bond motifs is 3. The number of hydrogen-bond acceptors (Lipinski definition) is 9. The molecule has 3 aliphatic heterocycles. The molecule has 352 valence electrons. The average Bonchev–Trinajstić information content (AvgIpc) is 3.95. The van der Waals surface area contributed by atoms with Gasteiger partial charge in [0.1, 0.15) is 23.7 Å². The van der Waals surface area contributed by atoms with Crippen LogP contribution in [0.15, 0.2) is 60.8 Å². The second kappa shape index (κ2) is 17.8. The predicted octanol–water partition coefficient (Wildman–Crippen LogP) is 8.27. The molecule has 6 atom stereocenters. The molecule has 5 heterocycles. The summed E-state index contributed by atoms with van der Waals surface area (Å²) in [4.78, 5) is 73.0. The number of benzene rings is 3. The summed E-state index contributed by atoms with van der Waals surface area (Å²) in [6, 6.07) is 18.2. The minimum Gasteiger partial charge on any atom is -0.453 e. The smallest absolute Gasteiger partial charge is 0.407 e. The summed E-state index contributed by atoms with van der Waals surface area (Å²) >= 11 is 0. The van der Waals surface area contributed by atoms with Crippen molar-refractivity contribution in [2.45, 2.75) is 109 Å². The Labute approximate surface area is 391 Å². The van der Waals surface area contributed by atoms with E-state index >= 15 is 0 Å². The number of nitrogens with one attached hydrogen (secondary N) is 4. The molecular formula is C52H62N8O7. The van der Waals surface area contributed by atoms with Gasteiger partial charge in [-0.25, -0.2) is 19.6 Å². The minimum absolute atomic E-state index is 0.0942. The molecule has 3 aromatic carbocycles. The number of nitrogens with zero attached hydrogens (tertiary/aromatic N) is 4. The fourth-order valence-corrected chi connectivity index (χ4v) is 11.4. The van der Waals surface area contributed by atoms with Gasteiger partial charge in [0.25, 0.3) is 0 Å². The highest BCUT2D eigenvalue weighted by Crippen LogP contribution is 2.54. The van der Waals surface area contributed by atoms with Crippen LogP contribution >= 0.6 is 0 Å². The number of rotatable bonds is 11. The summed E-state index contributed by atoms with van der Waals surface area (Å²) in [5, 5.41) is 5.51. The van der Waals surface area contributed by atoms with Crippen LogP contribution in [-0.4, -0.2) is 106 Å². The van der Waals surface area contributed by atoms with E-state index in [1.165, 1.54) is 30.9 Å². The maximum atomic E-state index is 14.1. The molecule has 15 heteroatoms. The Morgan fingerprint density at radius 3 is 2.16 bits per heavy atom. The van der Waals surface area contributed by atoms with Gasteiger partial charge in [-0.1, -0.05) is 64.1 Å². The van der Waals surface area contributed by atoms with Crippen LogP contribution in [0.5, 0.6) is 0 Å². The molecule has 2 unspecified atom stereocenters. The third kappa shape index (κ3) is 8.44. The van der Waals surface area contributed by atoms with Crippen molar-refractivity contribution in [3.8, 4) is 33.5 Å². The highest BCUT2D eigenvalue weighted by atomic mass is 16.5. The molecule has 15 nitrogen and oxygen atoms in total. The highest BCUT2D eigenvalue weighted by molar-refractivity contribution is 5.89. The number of aromatic nitrogens is 4. The average molecular weight is 911 g/mol. The number of likely N-dealkylation sites (tertiary alicyclic amines) is 2. The second-order valence-corrected chi connectivity index (χ2v) is 20.2. The van der Waals surface area contributed by atoms with Crippen molar-refractivity contribution in [3.63, 3.8) is 0 Å². The topological polar surface area (TPSA) is 184 Å². The lowest BCUT2D eigenvalue weighted by Gasteiger charge is -2.33. The van der Waals surface area contributed by atoms with Crippen LogP contribution < -0.4 is 10.6 Å². The van der Waals surface area contributed by atoms with Gasteiger partial charge in [0.15, 0.2) is 0 Å². The molecular weight excluding hydrogens is 849 g/mol. The molecule has 2 aromatic heterocycles. The van der Waals surface area contributed by atoms with Crippen LogP contribution in [0.3, 0.4) is 0 Å². The number of hydrogen-bond donors (Lipinski definition) is 4. The number of amides is 4. The SMILES string of the molecule is COC(=O)N[C@H](C(=O)N1CCC[C@H]1c1ncc(-c2ccc(-c3cc(-c4ccc5nc([C@@H]6CC7CC7N6C(=O)[C@@H](NC(=O)OC)C(C)C)[nH]c5c4)cc4c3CC3(CCOCC3)C4)cc2)[nH]1)C(C)C. The number of carbonyl (C=O) groups is 4. The van der Waals surface area contributed by atoms with Crippen molar-refractivity contribution in [2.24, 2.45) is 23.2 Å². The summed E-state index contributed by atoms with van der Waals surface area (Å²) in [6.07, 6.45) is 8.18. The third-order valence-corrected chi connectivity index (χ3v) is 15.3. The monoisotopic (exact) mass is 910 g/mol. The van der Waals surface area contributed by atoms with E-state index in [0.29, 0.717) is 12.5 Å². The first kappa shape index (κ1) is 44.6. The van der Waals surface area contributed by atoms with E-state index in [0.717, 1.165) is 115 Å². The van der Waals surface area contributed by atoms with Gasteiger partial charge in [0.2, 0.25) is 11.8 Å². The summed E-state index contributed by atoms with van der Waals surface area (Å²) in [6.45, 7) is 9.87. The number of alkyl carbamates (subject to hydrolysis) is 2. The molecule has 1 spiro atoms. The molecule has 5 aliphatic rings. The maximum absolute atomic E-state index is 14.1. The van der Waals surface area contributed by atoms with Crippen LogP contribution in [0.4, 0.5) is 9.59 Å². The quantitative estimate of drug-likeness (QED) is 0.101. The first-order valence-electron chi connectivity index (χ1n) is 24.0. The summed E-state index contributed by atoms with van der Waals surface area (Å²) in [5.41, 5.74) is 11.2. The Morgan fingerprint density at radius 2 is 1.46 bits per heavy atom. The fourth-order valence-electron chi connectivity index (χ4n) is 11.4. The summed E-state index contributed by atoms with van der Waals surface area (Å²) in [5.74, 6) is 1.49. The highest BCUT2D eigenvalue weighted by Gasteiger charge is 2.56. The molecule has 10 rings (SSSR count). The van der Waals surface area contributed by atoms with Crippen molar-refractivity contribution < 1.29 is 33.4 Å². The Bertz CT molecular complexity index is 2700. The molecule has 5 aromatic rings. The van der Waals surface area contributed by atoms with Crippen LogP contribution in [0, 0.1) is 23.2 Å². The van der Waals surface area contributed by atoms with Crippen LogP contribution in [0.25, 0.3) is 44.5 Å². The number of methoxy groups -OCH3 is 2. The second-order valence-electron chi connectivity index (χ2n) is 20.2. The number of H-pyrrole nitrogens is 2. The summed E-state index contributed by atoms with van der Waals surface area (Å²) in [7, 11) is 2.61. The van der Waals surface area contributed by atoms with Crippen LogP contribution in [0.1, 0.15) is 101 Å². The van der Waals surface area contributed by atoms with Gasteiger partial charge in [-0.15, -0.1) is 0 Å². The van der Waals surface area contributed by atoms with E-state index in [-0.39, 0.29) is 47.2 Å². The minimum atomic E-state index is -0.697. The van der Waals surface area contributed by atoms with Gasteiger partial charge in [-0.05, 0) is 132 Å². The standard InChI is InChI=1S/C52H62N8O7/c1-28(2)44(57-50(63)65-5)48(61)59-17-7-8-41(59)46-53-27-40(56-46)31-11-9-30(10-12-31)36-21-33(20-35-25-52(26-37(35)36)15-18-67-19-16-52)32-13-14-38-39(22-32)55-47(54-38)43-24-34-23-42(34)60(43)49(62)45(29(3)4)58-51(64)66-6/h9-14,20-22,27-29,34,41-45H,7-8,15-19,23-26H2,1-6H3,(H,53,56)(H,54,55)(H,57,63)(H,58,64)/t34?,41-,42?,43-,44-,45-/m0/s1. The van der Waals surface area contributed by atoms with E-state index in [1.54, 1.807) is 0 Å². The molecule has 2 aliphatic carbocycles. The Balaban J connectivity index is 0.926. The first-order valence-corrected chi connectivity index (χ1v) is 24.0. The molecule has 4 N–H and O–H groups in total. The molecule has 1 saturated carbocycles. The zero-order valence-corrected chi connectivity index (χ0v) is 39.3. The molecule has 3 saturated heterocycles. The zero-order valence-electron chi connectivity index (χ0n) is 39.3. The van der Waals surface area contributed by atoms with E-state index < -0.39 is 24.3 Å². The van der Waals surface area contributed by atoms with Gasteiger partial charge >= 0.3 is 12.2 Å². The van der Waals surface area contributed by atoms with Gasteiger partial charge in [-0.2, -0.15) is 0 Å². The Morgan fingerprint density at radius 1 is 0.776 bits per heavy atom. The Kier molecular flexibility index (Phi) is 11.8. The lowest BCUT2D eigenvalue weighted by atomic mass is 9.77. The number of piperidine rings is 1. The Hall–Kier alpha value is -6.22. The molecule has 4 amide bonds. The van der Waals surface area contributed by atoms with Gasteiger partial charge < -0.3 is 44.6 Å². The third-order valence-electron chi connectivity index (χ3n) is 15.3. The summed E-state index contributed by atoms with van der Waals surface area (Å²) < 4.78 is 15.5. The molecule has 4 fully saturated rings. The van der Waals surface area contributed by atoms with Crippen molar-refractivity contribution in [2.75, 3.05) is 34.0 Å². The van der Waals surface area contributed by atoms with E-state index in [4.69, 9.17) is 24.2 Å². The molecule has 0 radical (unpaired) electrons. The van der Waals surface area contributed by atoms with E-state index in [2.05, 4.69) is 75.2 Å². The van der Waals surface area contributed by atoms with Crippen molar-refractivity contribution in [1.82, 2.24) is 40.4 Å². The number of aromatic amines is 2. The number of carbonyl (C=O) groups excluding carboxylic acids is 4. The van der Waals surface area contributed by atoms with Gasteiger partial charge in [0, 0.05) is 25.8 Å². The fraction of sp³-hybridized carbons (Fsp3) is 0.500. The lowest BCUT2D eigenvalue weighted by molar-refractivity contribution is -0.137. The maximum Gasteiger partial charge on any atom is 0.407 e.